The Bertz CT molecular complexity index is 593. The van der Waals surface area contributed by atoms with Gasteiger partial charge in [-0.15, -0.1) is 0 Å². The maximum absolute atomic E-state index is 11.9. The van der Waals surface area contributed by atoms with Gasteiger partial charge in [0.15, 0.2) is 9.84 Å². The lowest BCUT2D eigenvalue weighted by molar-refractivity contribution is 0.0528. The van der Waals surface area contributed by atoms with Crippen molar-refractivity contribution >= 4 is 21.5 Å². The average Bonchev–Trinajstić information content (AvgIpc) is 2.33. The number of ether oxygens (including phenoxy) is 1. The zero-order chi connectivity index (χ0) is 15.3. The maximum atomic E-state index is 11.9. The molecule has 6 heteroatoms. The fourth-order valence-corrected chi connectivity index (χ4v) is 3.00. The number of carbonyl (C=O) groups is 1. The first-order valence-electron chi connectivity index (χ1n) is 6.51. The van der Waals surface area contributed by atoms with Crippen molar-refractivity contribution in [3.05, 3.63) is 28.8 Å². The number of carbonyl (C=O) groups excluding carboxylic acids is 1. The van der Waals surface area contributed by atoms with Gasteiger partial charge in [-0.2, -0.15) is 0 Å². The second-order valence-corrected chi connectivity index (χ2v) is 7.12. The number of nitrogens with two attached hydrogens (primary N) is 1. The third-order valence-electron chi connectivity index (χ3n) is 2.98. The van der Waals surface area contributed by atoms with Gasteiger partial charge in [0, 0.05) is 5.69 Å². The second-order valence-electron chi connectivity index (χ2n) is 4.81. The summed E-state index contributed by atoms with van der Waals surface area (Å²) in [5.41, 5.74) is 8.31. The minimum atomic E-state index is -3.14. The van der Waals surface area contributed by atoms with Crippen LogP contribution in [0.15, 0.2) is 12.1 Å². The van der Waals surface area contributed by atoms with Crippen molar-refractivity contribution in [2.75, 3.05) is 23.8 Å². The molecule has 0 atom stereocenters. The highest BCUT2D eigenvalue weighted by Crippen LogP contribution is 2.18. The maximum Gasteiger partial charge on any atom is 0.338 e. The van der Waals surface area contributed by atoms with Crippen molar-refractivity contribution in [1.29, 1.82) is 0 Å². The van der Waals surface area contributed by atoms with Gasteiger partial charge in [-0.3, -0.25) is 0 Å². The zero-order valence-corrected chi connectivity index (χ0v) is 12.9. The highest BCUT2D eigenvalue weighted by atomic mass is 32.2. The first-order chi connectivity index (χ1) is 9.26. The van der Waals surface area contributed by atoms with Gasteiger partial charge < -0.3 is 10.5 Å². The fraction of sp³-hybridized carbons (Fsp3) is 0.500. The van der Waals surface area contributed by atoms with E-state index in [1.54, 1.807) is 26.0 Å². The standard InChI is InChI=1S/C14H21NO4S/c1-4-6-20(17,18)7-5-19-14(16)12-9-13(15)11(3)8-10(12)2/h8-9H,4-7,15H2,1-3H3. The van der Waals surface area contributed by atoms with Crippen LogP contribution >= 0.6 is 0 Å². The van der Waals surface area contributed by atoms with E-state index >= 15 is 0 Å². The summed E-state index contributed by atoms with van der Waals surface area (Å²) in [4.78, 5) is 11.9. The molecule has 112 valence electrons. The van der Waals surface area contributed by atoms with Crippen molar-refractivity contribution in [3.63, 3.8) is 0 Å². The molecule has 0 aliphatic heterocycles. The summed E-state index contributed by atoms with van der Waals surface area (Å²) in [5.74, 6) is -0.575. The summed E-state index contributed by atoms with van der Waals surface area (Å²) in [6.07, 6.45) is 0.559. The predicted molar refractivity (Wildman–Crippen MR) is 79.6 cm³/mol. The molecule has 0 aromatic heterocycles. The topological polar surface area (TPSA) is 86.5 Å². The Morgan fingerprint density at radius 1 is 1.20 bits per heavy atom. The third-order valence-corrected chi connectivity index (χ3v) is 4.79. The summed E-state index contributed by atoms with van der Waals surface area (Å²) in [7, 11) is -3.14. The number of hydrogen-bond donors (Lipinski definition) is 1. The van der Waals surface area contributed by atoms with E-state index in [2.05, 4.69) is 0 Å². The predicted octanol–water partition coefficient (Wildman–Crippen LogP) is 1.87. The van der Waals surface area contributed by atoms with E-state index in [1.165, 1.54) is 0 Å². The van der Waals surface area contributed by atoms with Crippen molar-refractivity contribution in [1.82, 2.24) is 0 Å². The largest absolute Gasteiger partial charge is 0.461 e. The van der Waals surface area contributed by atoms with Crippen molar-refractivity contribution < 1.29 is 17.9 Å². The lowest BCUT2D eigenvalue weighted by Crippen LogP contribution is -2.18. The van der Waals surface area contributed by atoms with Crippen LogP contribution in [0.25, 0.3) is 0 Å². The molecule has 5 nitrogen and oxygen atoms in total. The Balaban J connectivity index is 2.67. The molecule has 0 heterocycles. The van der Waals surface area contributed by atoms with Crippen LogP contribution in [0, 0.1) is 13.8 Å². The molecule has 0 unspecified atom stereocenters. The number of sulfone groups is 1. The van der Waals surface area contributed by atoms with Crippen LogP contribution in [0.4, 0.5) is 5.69 Å². The molecule has 0 saturated heterocycles. The minimum absolute atomic E-state index is 0.112. The molecule has 0 fully saturated rings. The smallest absolute Gasteiger partial charge is 0.338 e. The lowest BCUT2D eigenvalue weighted by atomic mass is 10.0. The van der Waals surface area contributed by atoms with Gasteiger partial charge in [-0.05, 0) is 37.5 Å². The molecule has 20 heavy (non-hydrogen) atoms. The molecule has 0 saturated carbocycles. The first kappa shape index (κ1) is 16.5. The van der Waals surface area contributed by atoms with Crippen LogP contribution in [0.3, 0.4) is 0 Å². The Morgan fingerprint density at radius 2 is 1.85 bits per heavy atom. The molecular formula is C14H21NO4S. The number of aryl methyl sites for hydroxylation is 2. The van der Waals surface area contributed by atoms with Gasteiger partial charge in [0.1, 0.15) is 6.61 Å². The number of esters is 1. The molecule has 1 aromatic carbocycles. The summed E-state index contributed by atoms with van der Waals surface area (Å²) in [5, 5.41) is 0. The van der Waals surface area contributed by atoms with E-state index in [4.69, 9.17) is 10.5 Å². The van der Waals surface area contributed by atoms with Crippen LogP contribution in [0.5, 0.6) is 0 Å². The molecule has 1 aromatic rings. The quantitative estimate of drug-likeness (QED) is 0.640. The molecule has 0 radical (unpaired) electrons. The van der Waals surface area contributed by atoms with E-state index in [0.29, 0.717) is 17.7 Å². The summed E-state index contributed by atoms with van der Waals surface area (Å²) in [6.45, 7) is 5.31. The monoisotopic (exact) mass is 299 g/mol. The normalized spacial score (nSPS) is 11.3. The van der Waals surface area contributed by atoms with E-state index < -0.39 is 15.8 Å². The Hall–Kier alpha value is -1.56. The lowest BCUT2D eigenvalue weighted by Gasteiger charge is -2.10. The van der Waals surface area contributed by atoms with Crippen molar-refractivity contribution in [2.45, 2.75) is 27.2 Å². The molecule has 1 rings (SSSR count). The molecule has 0 aliphatic rings. The van der Waals surface area contributed by atoms with Crippen LogP contribution in [-0.2, 0) is 14.6 Å². The molecule has 0 bridgehead atoms. The van der Waals surface area contributed by atoms with Gasteiger partial charge in [0.2, 0.25) is 0 Å². The van der Waals surface area contributed by atoms with E-state index in [9.17, 15) is 13.2 Å². The summed E-state index contributed by atoms with van der Waals surface area (Å²) >= 11 is 0. The summed E-state index contributed by atoms with van der Waals surface area (Å²) in [6, 6.07) is 3.37. The van der Waals surface area contributed by atoms with E-state index in [-0.39, 0.29) is 18.1 Å². The molecule has 0 spiro atoms. The Labute approximate surface area is 120 Å². The molecular weight excluding hydrogens is 278 g/mol. The van der Waals surface area contributed by atoms with Crippen molar-refractivity contribution in [3.8, 4) is 0 Å². The SMILES string of the molecule is CCCS(=O)(=O)CCOC(=O)c1cc(N)c(C)cc1C. The van der Waals surface area contributed by atoms with Crippen molar-refractivity contribution in [2.24, 2.45) is 0 Å². The van der Waals surface area contributed by atoms with Crippen LogP contribution < -0.4 is 5.73 Å². The first-order valence-corrected chi connectivity index (χ1v) is 8.33. The van der Waals surface area contributed by atoms with Gasteiger partial charge in [0.05, 0.1) is 17.1 Å². The molecule has 0 amide bonds. The van der Waals surface area contributed by atoms with Gasteiger partial charge in [-0.25, -0.2) is 13.2 Å². The second kappa shape index (κ2) is 6.74. The van der Waals surface area contributed by atoms with Crippen LogP contribution in [0.2, 0.25) is 0 Å². The number of anilines is 1. The van der Waals surface area contributed by atoms with Gasteiger partial charge in [0.25, 0.3) is 0 Å². The highest BCUT2D eigenvalue weighted by Gasteiger charge is 2.15. The number of rotatable bonds is 6. The van der Waals surface area contributed by atoms with Gasteiger partial charge >= 0.3 is 5.97 Å². The number of nitrogen functional groups attached to an aromatic ring is 1. The van der Waals surface area contributed by atoms with Gasteiger partial charge in [-0.1, -0.05) is 13.0 Å². The minimum Gasteiger partial charge on any atom is -0.461 e. The third kappa shape index (κ3) is 4.52. The molecule has 0 aliphatic carbocycles. The molecule has 2 N–H and O–H groups in total. The Morgan fingerprint density at radius 3 is 2.45 bits per heavy atom. The van der Waals surface area contributed by atoms with E-state index in [0.717, 1.165) is 11.1 Å². The average molecular weight is 299 g/mol. The zero-order valence-electron chi connectivity index (χ0n) is 12.1. The van der Waals surface area contributed by atoms with Crippen LogP contribution in [0.1, 0.15) is 34.8 Å². The van der Waals surface area contributed by atoms with E-state index in [1.807, 2.05) is 6.92 Å². The Kier molecular flexibility index (Phi) is 5.56. The number of hydrogen-bond acceptors (Lipinski definition) is 5. The fourth-order valence-electron chi connectivity index (χ4n) is 1.84. The van der Waals surface area contributed by atoms with Crippen LogP contribution in [-0.4, -0.2) is 32.5 Å². The highest BCUT2D eigenvalue weighted by molar-refractivity contribution is 7.91. The number of benzene rings is 1. The summed E-state index contributed by atoms with van der Waals surface area (Å²) < 4.78 is 28.0.